The molecule has 1 amide bonds. The molecule has 8 heteroatoms. The predicted octanol–water partition coefficient (Wildman–Crippen LogP) is 1.09. The largest absolute Gasteiger partial charge is 0.477 e. The fraction of sp³-hybridized carbons (Fsp3) is 0.688. The highest BCUT2D eigenvalue weighted by Crippen LogP contribution is 2.49. The lowest BCUT2D eigenvalue weighted by Crippen LogP contribution is -2.62. The van der Waals surface area contributed by atoms with Gasteiger partial charge in [-0.2, -0.15) is 0 Å². The summed E-state index contributed by atoms with van der Waals surface area (Å²) in [4.78, 5) is 28.1. The molecule has 0 spiro atoms. The summed E-state index contributed by atoms with van der Waals surface area (Å²) in [6.45, 7) is 5.12. The third-order valence-corrected chi connectivity index (χ3v) is 6.49. The topological polar surface area (TPSA) is 105 Å². The van der Waals surface area contributed by atoms with Crippen LogP contribution in [0.25, 0.3) is 0 Å². The van der Waals surface area contributed by atoms with Gasteiger partial charge in [-0.1, -0.05) is 6.92 Å². The number of carboxylic acids is 1. The molecule has 3 aliphatic rings. The van der Waals surface area contributed by atoms with Gasteiger partial charge in [0.25, 0.3) is 0 Å². The lowest BCUT2D eigenvalue weighted by molar-refractivity contribution is -0.162. The highest BCUT2D eigenvalue weighted by Gasteiger charge is 2.57. The van der Waals surface area contributed by atoms with E-state index in [2.05, 4.69) is 0 Å². The Morgan fingerprint density at radius 3 is 2.75 bits per heavy atom. The van der Waals surface area contributed by atoms with Crippen LogP contribution in [0.3, 0.4) is 0 Å². The van der Waals surface area contributed by atoms with Crippen molar-refractivity contribution < 1.29 is 19.8 Å². The van der Waals surface area contributed by atoms with Crippen molar-refractivity contribution in [3.05, 3.63) is 10.6 Å². The van der Waals surface area contributed by atoms with Gasteiger partial charge >= 0.3 is 5.97 Å². The number of hydrogen-bond acceptors (Lipinski definition) is 5. The van der Waals surface area contributed by atoms with Crippen LogP contribution >= 0.6 is 11.8 Å². The van der Waals surface area contributed by atoms with Gasteiger partial charge in [0.1, 0.15) is 5.70 Å². The van der Waals surface area contributed by atoms with E-state index in [0.717, 1.165) is 24.4 Å². The van der Waals surface area contributed by atoms with Crippen LogP contribution in [0.15, 0.2) is 10.6 Å². The molecule has 0 aromatic heterocycles. The number of nitrogens with zero attached hydrogens (tertiary/aromatic N) is 2. The number of amides is 1. The molecule has 2 fully saturated rings. The standard InChI is InChI=1S/C16H23N3O4S/c1-3-11(20)13-10-6-12(14(16(22)23)19(10)15(13)21)24-9-4-5-18(7-9)8(2)17/h9-11,13,17,20H,3-7H2,1-2H3,(H,22,23)/t9-,10+,11-,13+/m0/s1. The monoisotopic (exact) mass is 353 g/mol. The predicted molar refractivity (Wildman–Crippen MR) is 90.7 cm³/mol. The summed E-state index contributed by atoms with van der Waals surface area (Å²) in [5, 5.41) is 27.5. The summed E-state index contributed by atoms with van der Waals surface area (Å²) in [5.41, 5.74) is 0.0968. The highest BCUT2D eigenvalue weighted by molar-refractivity contribution is 8.03. The molecule has 24 heavy (non-hydrogen) atoms. The molecule has 3 heterocycles. The first kappa shape index (κ1) is 17.3. The Morgan fingerprint density at radius 1 is 1.50 bits per heavy atom. The Kier molecular flexibility index (Phi) is 4.61. The molecule has 4 atom stereocenters. The Morgan fingerprint density at radius 2 is 2.21 bits per heavy atom. The normalized spacial score (nSPS) is 30.5. The second kappa shape index (κ2) is 6.40. The average Bonchev–Trinajstić information content (AvgIpc) is 3.10. The van der Waals surface area contributed by atoms with Gasteiger partial charge in [0, 0.05) is 29.7 Å². The second-order valence-corrected chi connectivity index (χ2v) is 8.01. The first-order valence-corrected chi connectivity index (χ1v) is 9.17. The maximum Gasteiger partial charge on any atom is 0.353 e. The first-order valence-electron chi connectivity index (χ1n) is 8.29. The van der Waals surface area contributed by atoms with E-state index < -0.39 is 18.0 Å². The zero-order valence-corrected chi connectivity index (χ0v) is 14.7. The number of aliphatic carboxylic acids is 1. The molecule has 0 radical (unpaired) electrons. The third kappa shape index (κ3) is 2.71. The van der Waals surface area contributed by atoms with E-state index in [-0.39, 0.29) is 22.9 Å². The summed E-state index contributed by atoms with van der Waals surface area (Å²) >= 11 is 1.53. The van der Waals surface area contributed by atoms with Crippen molar-refractivity contribution in [1.82, 2.24) is 9.80 Å². The van der Waals surface area contributed by atoms with E-state index in [0.29, 0.717) is 18.7 Å². The van der Waals surface area contributed by atoms with Crippen molar-refractivity contribution in [3.8, 4) is 0 Å². The summed E-state index contributed by atoms with van der Waals surface area (Å²) in [7, 11) is 0. The number of nitrogens with one attached hydrogen (secondary N) is 1. The number of likely N-dealkylation sites (tertiary alicyclic amines) is 1. The second-order valence-electron chi connectivity index (χ2n) is 6.62. The van der Waals surface area contributed by atoms with E-state index in [1.807, 2.05) is 11.8 Å². The number of β-lactam (4-membered cyclic amide) rings is 1. The number of hydrogen-bond donors (Lipinski definition) is 3. The lowest BCUT2D eigenvalue weighted by atomic mass is 9.82. The van der Waals surface area contributed by atoms with Crippen molar-refractivity contribution >= 4 is 29.5 Å². The summed E-state index contributed by atoms with van der Waals surface area (Å²) in [6, 6.07) is -0.219. The Labute approximate surface area is 145 Å². The number of amidine groups is 1. The van der Waals surface area contributed by atoms with Gasteiger partial charge in [-0.25, -0.2) is 4.79 Å². The zero-order valence-electron chi connectivity index (χ0n) is 13.9. The molecule has 132 valence electrons. The third-order valence-electron chi connectivity index (χ3n) is 5.13. The van der Waals surface area contributed by atoms with E-state index in [1.165, 1.54) is 16.7 Å². The maximum absolute atomic E-state index is 12.3. The molecule has 3 aliphatic heterocycles. The Bertz CT molecular complexity index is 620. The van der Waals surface area contributed by atoms with Crippen LogP contribution in [-0.4, -0.2) is 68.2 Å². The number of carbonyl (C=O) groups is 2. The fourth-order valence-corrected chi connectivity index (χ4v) is 5.26. The van der Waals surface area contributed by atoms with Gasteiger partial charge in [-0.3, -0.25) is 10.2 Å². The molecule has 0 aromatic carbocycles. The quantitative estimate of drug-likeness (QED) is 0.388. The number of aliphatic hydroxyl groups is 1. The summed E-state index contributed by atoms with van der Waals surface area (Å²) in [5.74, 6) is -1.30. The molecule has 0 saturated carbocycles. The molecular formula is C16H23N3O4S. The molecule has 0 unspecified atom stereocenters. The van der Waals surface area contributed by atoms with E-state index in [9.17, 15) is 19.8 Å². The minimum atomic E-state index is -1.07. The lowest BCUT2D eigenvalue weighted by Gasteiger charge is -2.45. The van der Waals surface area contributed by atoms with Crippen LogP contribution in [0, 0.1) is 11.3 Å². The minimum Gasteiger partial charge on any atom is -0.477 e. The molecular weight excluding hydrogens is 330 g/mol. The molecule has 0 aromatic rings. The molecule has 2 saturated heterocycles. The average molecular weight is 353 g/mol. The van der Waals surface area contributed by atoms with Gasteiger partial charge in [-0.05, 0) is 19.8 Å². The van der Waals surface area contributed by atoms with E-state index in [1.54, 1.807) is 6.92 Å². The number of carbonyl (C=O) groups excluding carboxylic acids is 1. The number of carboxylic acid groups (broad SMARTS) is 1. The number of thioether (sulfide) groups is 1. The van der Waals surface area contributed by atoms with Crippen LogP contribution in [0.2, 0.25) is 0 Å². The zero-order chi connectivity index (χ0) is 17.6. The molecule has 0 aliphatic carbocycles. The molecule has 0 bridgehead atoms. The number of fused-ring (bicyclic) bond motifs is 1. The van der Waals surface area contributed by atoms with Crippen molar-refractivity contribution in [2.24, 2.45) is 5.92 Å². The molecule has 3 N–H and O–H groups in total. The molecule has 3 rings (SSSR count). The van der Waals surface area contributed by atoms with Gasteiger partial charge in [-0.15, -0.1) is 11.8 Å². The SMILES string of the molecule is CC[C@H](O)[C@@H]1C(=O)N2C(C(=O)O)=C(S[C@H]3CCN(C(C)=N)C3)C[C@H]12. The highest BCUT2D eigenvalue weighted by atomic mass is 32.2. The van der Waals surface area contributed by atoms with Crippen LogP contribution in [0.4, 0.5) is 0 Å². The fourth-order valence-electron chi connectivity index (χ4n) is 3.81. The van der Waals surface area contributed by atoms with Crippen LogP contribution in [0.1, 0.15) is 33.1 Å². The van der Waals surface area contributed by atoms with E-state index >= 15 is 0 Å². The van der Waals surface area contributed by atoms with Gasteiger partial charge in [0.2, 0.25) is 5.91 Å². The van der Waals surface area contributed by atoms with Crippen LogP contribution < -0.4 is 0 Å². The summed E-state index contributed by atoms with van der Waals surface area (Å²) < 4.78 is 0. The number of aliphatic hydroxyl groups excluding tert-OH is 1. The summed E-state index contributed by atoms with van der Waals surface area (Å²) in [6.07, 6.45) is 1.19. The minimum absolute atomic E-state index is 0.0968. The van der Waals surface area contributed by atoms with Crippen LogP contribution in [-0.2, 0) is 9.59 Å². The number of rotatable bonds is 5. The van der Waals surface area contributed by atoms with Crippen LogP contribution in [0.5, 0.6) is 0 Å². The van der Waals surface area contributed by atoms with Crippen molar-refractivity contribution in [1.29, 1.82) is 5.41 Å². The van der Waals surface area contributed by atoms with Crippen molar-refractivity contribution in [2.45, 2.75) is 50.5 Å². The Balaban J connectivity index is 1.75. The smallest absolute Gasteiger partial charge is 0.353 e. The molecule has 7 nitrogen and oxygen atoms in total. The Hall–Kier alpha value is -1.54. The van der Waals surface area contributed by atoms with Gasteiger partial charge < -0.3 is 20.0 Å². The first-order chi connectivity index (χ1) is 11.3. The van der Waals surface area contributed by atoms with E-state index in [4.69, 9.17) is 5.41 Å². The van der Waals surface area contributed by atoms with Crippen molar-refractivity contribution in [2.75, 3.05) is 13.1 Å². The van der Waals surface area contributed by atoms with Crippen molar-refractivity contribution in [3.63, 3.8) is 0 Å². The van der Waals surface area contributed by atoms with Gasteiger partial charge in [0.15, 0.2) is 0 Å². The van der Waals surface area contributed by atoms with Gasteiger partial charge in [0.05, 0.1) is 23.9 Å². The maximum atomic E-state index is 12.3.